The maximum Gasteiger partial charge on any atom is 0.100 e. The second-order valence-electron chi connectivity index (χ2n) is 3.32. The van der Waals surface area contributed by atoms with Crippen LogP contribution in [0.15, 0.2) is 58.3 Å². The monoisotopic (exact) mass is 236 g/mol. The van der Waals surface area contributed by atoms with Crippen molar-refractivity contribution < 1.29 is 0 Å². The SMILES string of the molecule is N#Cc1ccccc1Sc1ccccc1C#N. The van der Waals surface area contributed by atoms with Crippen molar-refractivity contribution in [3.05, 3.63) is 59.7 Å². The third-order valence-electron chi connectivity index (χ3n) is 2.23. The molecule has 0 saturated carbocycles. The molecule has 0 bridgehead atoms. The fraction of sp³-hybridized carbons (Fsp3) is 0. The Morgan fingerprint density at radius 1 is 0.706 bits per heavy atom. The van der Waals surface area contributed by atoms with Gasteiger partial charge in [0.05, 0.1) is 11.1 Å². The molecule has 0 amide bonds. The first-order valence-electron chi connectivity index (χ1n) is 5.01. The van der Waals surface area contributed by atoms with Gasteiger partial charge in [-0.1, -0.05) is 36.0 Å². The van der Waals surface area contributed by atoms with E-state index in [0.717, 1.165) is 9.79 Å². The molecule has 2 rings (SSSR count). The van der Waals surface area contributed by atoms with Crippen molar-refractivity contribution in [2.75, 3.05) is 0 Å². The molecule has 0 aliphatic heterocycles. The summed E-state index contributed by atoms with van der Waals surface area (Å²) >= 11 is 1.44. The highest BCUT2D eigenvalue weighted by atomic mass is 32.2. The van der Waals surface area contributed by atoms with E-state index in [1.165, 1.54) is 11.8 Å². The number of nitrogens with zero attached hydrogens (tertiary/aromatic N) is 2. The second-order valence-corrected chi connectivity index (χ2v) is 4.40. The lowest BCUT2D eigenvalue weighted by Gasteiger charge is -2.04. The first kappa shape index (κ1) is 11.3. The quantitative estimate of drug-likeness (QED) is 0.800. The summed E-state index contributed by atoms with van der Waals surface area (Å²) in [5.41, 5.74) is 1.26. The molecule has 0 N–H and O–H groups in total. The van der Waals surface area contributed by atoms with E-state index < -0.39 is 0 Å². The van der Waals surface area contributed by atoms with E-state index in [9.17, 15) is 0 Å². The Morgan fingerprint density at radius 2 is 1.12 bits per heavy atom. The van der Waals surface area contributed by atoms with Crippen LogP contribution in [0.5, 0.6) is 0 Å². The molecule has 3 heteroatoms. The molecule has 0 radical (unpaired) electrons. The molecule has 0 heterocycles. The van der Waals surface area contributed by atoms with Gasteiger partial charge >= 0.3 is 0 Å². The van der Waals surface area contributed by atoms with Gasteiger partial charge in [-0.3, -0.25) is 0 Å². The number of benzene rings is 2. The van der Waals surface area contributed by atoms with Crippen LogP contribution in [0.3, 0.4) is 0 Å². The van der Waals surface area contributed by atoms with Gasteiger partial charge in [0.15, 0.2) is 0 Å². The molecule has 2 aromatic rings. The van der Waals surface area contributed by atoms with E-state index in [1.807, 2.05) is 36.4 Å². The van der Waals surface area contributed by atoms with Gasteiger partial charge in [-0.05, 0) is 24.3 Å². The largest absolute Gasteiger partial charge is 0.192 e. The predicted octanol–water partition coefficient (Wildman–Crippen LogP) is 3.58. The summed E-state index contributed by atoms with van der Waals surface area (Å²) in [6.07, 6.45) is 0. The number of hydrogen-bond donors (Lipinski definition) is 0. The highest BCUT2D eigenvalue weighted by Gasteiger charge is 2.06. The zero-order chi connectivity index (χ0) is 12.1. The summed E-state index contributed by atoms with van der Waals surface area (Å²) < 4.78 is 0. The van der Waals surface area contributed by atoms with E-state index in [1.54, 1.807) is 12.1 Å². The summed E-state index contributed by atoms with van der Waals surface area (Å²) in [6, 6.07) is 19.1. The van der Waals surface area contributed by atoms with Crippen LogP contribution in [0, 0.1) is 22.7 Å². The lowest BCUT2D eigenvalue weighted by molar-refractivity contribution is 1.33. The van der Waals surface area contributed by atoms with Gasteiger partial charge in [-0.25, -0.2) is 0 Å². The van der Waals surface area contributed by atoms with Crippen LogP contribution >= 0.6 is 11.8 Å². The van der Waals surface area contributed by atoms with Crippen LogP contribution in [0.1, 0.15) is 11.1 Å². The van der Waals surface area contributed by atoms with Crippen LogP contribution in [0.25, 0.3) is 0 Å². The number of nitriles is 2. The number of rotatable bonds is 2. The predicted molar refractivity (Wildman–Crippen MR) is 66.4 cm³/mol. The molecule has 0 aliphatic rings. The third-order valence-corrected chi connectivity index (χ3v) is 3.39. The van der Waals surface area contributed by atoms with Crippen LogP contribution in [-0.4, -0.2) is 0 Å². The van der Waals surface area contributed by atoms with Crippen LogP contribution in [-0.2, 0) is 0 Å². The molecule has 17 heavy (non-hydrogen) atoms. The molecule has 0 fully saturated rings. The standard InChI is InChI=1S/C14H8N2S/c15-9-11-5-1-3-7-13(11)17-14-8-4-2-6-12(14)10-16/h1-8H. The third kappa shape index (κ3) is 2.47. The molecule has 0 aromatic heterocycles. The van der Waals surface area contributed by atoms with Crippen molar-refractivity contribution in [2.45, 2.75) is 9.79 Å². The average Bonchev–Trinajstić information content (AvgIpc) is 2.40. The molecule has 80 valence electrons. The van der Waals surface area contributed by atoms with Crippen molar-refractivity contribution >= 4 is 11.8 Å². The summed E-state index contributed by atoms with van der Waals surface area (Å²) in [4.78, 5) is 1.75. The van der Waals surface area contributed by atoms with Crippen molar-refractivity contribution in [3.63, 3.8) is 0 Å². The smallest absolute Gasteiger partial charge is 0.100 e. The molecule has 2 aromatic carbocycles. The second kappa shape index (κ2) is 5.21. The van der Waals surface area contributed by atoms with Crippen LogP contribution in [0.4, 0.5) is 0 Å². The van der Waals surface area contributed by atoms with Gasteiger partial charge in [-0.2, -0.15) is 10.5 Å². The Labute approximate surface area is 104 Å². The lowest BCUT2D eigenvalue weighted by atomic mass is 10.2. The fourth-order valence-electron chi connectivity index (χ4n) is 1.41. The first-order valence-corrected chi connectivity index (χ1v) is 5.83. The molecular weight excluding hydrogens is 228 g/mol. The highest BCUT2D eigenvalue weighted by Crippen LogP contribution is 2.32. The molecule has 0 aliphatic carbocycles. The Balaban J connectivity index is 2.40. The molecule has 2 nitrogen and oxygen atoms in total. The van der Waals surface area contributed by atoms with Gasteiger partial charge in [0.2, 0.25) is 0 Å². The summed E-state index contributed by atoms with van der Waals surface area (Å²) in [5, 5.41) is 18.0. The number of hydrogen-bond acceptors (Lipinski definition) is 3. The average molecular weight is 236 g/mol. The maximum atomic E-state index is 8.99. The minimum absolute atomic E-state index is 0.630. The lowest BCUT2D eigenvalue weighted by Crippen LogP contribution is -1.83. The van der Waals surface area contributed by atoms with E-state index in [0.29, 0.717) is 11.1 Å². The van der Waals surface area contributed by atoms with Crippen molar-refractivity contribution in [2.24, 2.45) is 0 Å². The summed E-state index contributed by atoms with van der Waals surface area (Å²) in [5.74, 6) is 0. The van der Waals surface area contributed by atoms with Crippen molar-refractivity contribution in [1.82, 2.24) is 0 Å². The van der Waals surface area contributed by atoms with Gasteiger partial charge in [-0.15, -0.1) is 0 Å². The van der Waals surface area contributed by atoms with Crippen LogP contribution < -0.4 is 0 Å². The zero-order valence-corrected chi connectivity index (χ0v) is 9.74. The molecule has 0 atom stereocenters. The topological polar surface area (TPSA) is 47.6 Å². The summed E-state index contributed by atoms with van der Waals surface area (Å²) in [7, 11) is 0. The Bertz CT molecular complexity index is 565. The van der Waals surface area contributed by atoms with E-state index in [-0.39, 0.29) is 0 Å². The Kier molecular flexibility index (Phi) is 3.45. The van der Waals surface area contributed by atoms with Crippen molar-refractivity contribution in [3.8, 4) is 12.1 Å². The summed E-state index contributed by atoms with van der Waals surface area (Å²) in [6.45, 7) is 0. The molecule has 0 unspecified atom stereocenters. The van der Waals surface area contributed by atoms with Gasteiger partial charge in [0.25, 0.3) is 0 Å². The van der Waals surface area contributed by atoms with E-state index >= 15 is 0 Å². The normalized spacial score (nSPS) is 9.29. The maximum absolute atomic E-state index is 8.99. The highest BCUT2D eigenvalue weighted by molar-refractivity contribution is 7.99. The Hall–Kier alpha value is -2.23. The zero-order valence-electron chi connectivity index (χ0n) is 8.92. The van der Waals surface area contributed by atoms with Gasteiger partial charge < -0.3 is 0 Å². The van der Waals surface area contributed by atoms with E-state index in [4.69, 9.17) is 10.5 Å². The van der Waals surface area contributed by atoms with Crippen molar-refractivity contribution in [1.29, 1.82) is 10.5 Å². The van der Waals surface area contributed by atoms with Crippen LogP contribution in [0.2, 0.25) is 0 Å². The Morgan fingerprint density at radius 3 is 1.53 bits per heavy atom. The fourth-order valence-corrected chi connectivity index (χ4v) is 2.39. The minimum atomic E-state index is 0.630. The first-order chi connectivity index (χ1) is 8.35. The van der Waals surface area contributed by atoms with E-state index in [2.05, 4.69) is 12.1 Å². The minimum Gasteiger partial charge on any atom is -0.192 e. The van der Waals surface area contributed by atoms with Gasteiger partial charge in [0.1, 0.15) is 12.1 Å². The molecule has 0 spiro atoms. The van der Waals surface area contributed by atoms with Gasteiger partial charge in [0, 0.05) is 9.79 Å². The molecular formula is C14H8N2S. The molecule has 0 saturated heterocycles.